The van der Waals surface area contributed by atoms with Crippen molar-refractivity contribution < 1.29 is 14.3 Å². The zero-order valence-electron chi connectivity index (χ0n) is 4.85. The largest absolute Gasteiger partial charge is 0.458 e. The van der Waals surface area contributed by atoms with E-state index in [0.29, 0.717) is 12.2 Å². The average molecular weight is 126 g/mol. The first-order valence-electron chi connectivity index (χ1n) is 2.90. The summed E-state index contributed by atoms with van der Waals surface area (Å²) >= 11 is 0. The number of carbonyl (C=O) groups is 1. The van der Waals surface area contributed by atoms with Gasteiger partial charge in [0.15, 0.2) is 0 Å². The van der Waals surface area contributed by atoms with Crippen LogP contribution in [0.4, 0.5) is 0 Å². The molecule has 0 amide bonds. The normalized spacial score (nSPS) is 23.8. The van der Waals surface area contributed by atoms with Gasteiger partial charge in [-0.05, 0) is 0 Å². The lowest BCUT2D eigenvalue weighted by atomic mass is 10.3. The number of ether oxygens (including phenoxy) is 2. The molecule has 2 rings (SSSR count). The fourth-order valence-corrected chi connectivity index (χ4v) is 1.07. The van der Waals surface area contributed by atoms with Gasteiger partial charge in [0.2, 0.25) is 18.3 Å². The summed E-state index contributed by atoms with van der Waals surface area (Å²) in [6.07, 6.45) is 1.29. The highest BCUT2D eigenvalue weighted by atomic mass is 16.7. The van der Waals surface area contributed by atoms with Crippen molar-refractivity contribution in [3.05, 3.63) is 11.5 Å². The van der Waals surface area contributed by atoms with Crippen LogP contribution >= 0.6 is 0 Å². The van der Waals surface area contributed by atoms with Gasteiger partial charge in [0, 0.05) is 12.8 Å². The van der Waals surface area contributed by atoms with Crippen molar-refractivity contribution >= 4 is 5.78 Å². The first-order valence-corrected chi connectivity index (χ1v) is 2.90. The summed E-state index contributed by atoms with van der Waals surface area (Å²) in [5.41, 5.74) is 0. The van der Waals surface area contributed by atoms with Gasteiger partial charge in [-0.3, -0.25) is 4.79 Å². The molecule has 1 aliphatic carbocycles. The minimum absolute atomic E-state index is 0.0856. The van der Waals surface area contributed by atoms with Gasteiger partial charge in [-0.15, -0.1) is 0 Å². The molecule has 0 saturated heterocycles. The van der Waals surface area contributed by atoms with Crippen molar-refractivity contribution in [3.63, 3.8) is 0 Å². The molecule has 0 aromatic heterocycles. The summed E-state index contributed by atoms with van der Waals surface area (Å²) in [5, 5.41) is 0. The molecule has 0 spiro atoms. The number of hydrogen-bond donors (Lipinski definition) is 0. The molecule has 0 radical (unpaired) electrons. The maximum absolute atomic E-state index is 10.8. The Hall–Kier alpha value is -0.990. The molecule has 1 heterocycles. The van der Waals surface area contributed by atoms with Crippen LogP contribution in [0, 0.1) is 0 Å². The minimum Gasteiger partial charge on any atom is -0.458 e. The Kier molecular flexibility index (Phi) is 0.806. The topological polar surface area (TPSA) is 35.5 Å². The van der Waals surface area contributed by atoms with E-state index in [2.05, 4.69) is 0 Å². The van der Waals surface area contributed by atoms with E-state index >= 15 is 0 Å². The molecule has 0 N–H and O–H groups in total. The molecule has 3 heteroatoms. The summed E-state index contributed by atoms with van der Waals surface area (Å²) in [5.74, 6) is 1.30. The molecule has 3 nitrogen and oxygen atoms in total. The van der Waals surface area contributed by atoms with Gasteiger partial charge in [0.25, 0.3) is 0 Å². The van der Waals surface area contributed by atoms with E-state index < -0.39 is 0 Å². The summed E-state index contributed by atoms with van der Waals surface area (Å²) < 4.78 is 9.88. The molecule has 0 aromatic carbocycles. The van der Waals surface area contributed by atoms with E-state index in [1.807, 2.05) is 0 Å². The molecule has 0 fully saturated rings. The molecular formula is C6H6O3. The van der Waals surface area contributed by atoms with Crippen molar-refractivity contribution in [3.8, 4) is 0 Å². The van der Waals surface area contributed by atoms with Crippen LogP contribution in [0.3, 0.4) is 0 Å². The highest BCUT2D eigenvalue weighted by molar-refractivity contribution is 5.96. The summed E-state index contributed by atoms with van der Waals surface area (Å²) in [7, 11) is 0. The van der Waals surface area contributed by atoms with Gasteiger partial charge in [-0.2, -0.15) is 0 Å². The number of rotatable bonds is 0. The Morgan fingerprint density at radius 1 is 1.22 bits per heavy atom. The van der Waals surface area contributed by atoms with Gasteiger partial charge in [-0.25, -0.2) is 0 Å². The predicted octanol–water partition coefficient (Wildman–Crippen LogP) is 0.565. The third-order valence-electron chi connectivity index (χ3n) is 1.52. The van der Waals surface area contributed by atoms with Crippen molar-refractivity contribution in [2.75, 3.05) is 6.79 Å². The monoisotopic (exact) mass is 126 g/mol. The fraction of sp³-hybridized carbons (Fsp3) is 0.500. The van der Waals surface area contributed by atoms with E-state index in [1.165, 1.54) is 0 Å². The van der Waals surface area contributed by atoms with Crippen molar-refractivity contribution in [1.82, 2.24) is 0 Å². The van der Waals surface area contributed by atoms with Gasteiger partial charge >= 0.3 is 0 Å². The Morgan fingerprint density at radius 3 is 2.89 bits per heavy atom. The van der Waals surface area contributed by atoms with Gasteiger partial charge in [0.05, 0.1) is 0 Å². The Morgan fingerprint density at radius 2 is 2.11 bits per heavy atom. The van der Waals surface area contributed by atoms with Gasteiger partial charge < -0.3 is 9.47 Å². The molecule has 0 saturated carbocycles. The van der Waals surface area contributed by atoms with Crippen LogP contribution in [-0.4, -0.2) is 12.6 Å². The third kappa shape index (κ3) is 0.542. The number of carbonyl (C=O) groups excluding carboxylic acids is 1. The van der Waals surface area contributed by atoms with E-state index in [4.69, 9.17) is 9.47 Å². The molecule has 0 unspecified atom stereocenters. The highest BCUT2D eigenvalue weighted by Crippen LogP contribution is 2.28. The van der Waals surface area contributed by atoms with Crippen LogP contribution in [0.1, 0.15) is 12.8 Å². The molecule has 48 valence electrons. The van der Waals surface area contributed by atoms with Crippen LogP contribution in [0.5, 0.6) is 0 Å². The minimum atomic E-state index is 0.0856. The molecule has 9 heavy (non-hydrogen) atoms. The SMILES string of the molecule is O=C1CCC2=C1OCO2. The molecule has 0 aromatic rings. The van der Waals surface area contributed by atoms with Crippen LogP contribution < -0.4 is 0 Å². The molecular weight excluding hydrogens is 120 g/mol. The maximum atomic E-state index is 10.8. The Labute approximate surface area is 52.3 Å². The van der Waals surface area contributed by atoms with E-state index in [0.717, 1.165) is 12.2 Å². The third-order valence-corrected chi connectivity index (χ3v) is 1.52. The Bertz CT molecular complexity index is 192. The van der Waals surface area contributed by atoms with E-state index in [9.17, 15) is 4.79 Å². The quantitative estimate of drug-likeness (QED) is 0.476. The zero-order chi connectivity index (χ0) is 6.27. The molecule has 1 aliphatic heterocycles. The van der Waals surface area contributed by atoms with Crippen LogP contribution in [0.15, 0.2) is 11.5 Å². The lowest BCUT2D eigenvalue weighted by molar-refractivity contribution is -0.118. The van der Waals surface area contributed by atoms with Crippen molar-refractivity contribution in [2.45, 2.75) is 12.8 Å². The molecule has 2 aliphatic rings. The second-order valence-electron chi connectivity index (χ2n) is 2.08. The molecule has 0 bridgehead atoms. The van der Waals surface area contributed by atoms with Crippen molar-refractivity contribution in [1.29, 1.82) is 0 Å². The maximum Gasteiger partial charge on any atom is 0.230 e. The van der Waals surface area contributed by atoms with Crippen LogP contribution in [0.25, 0.3) is 0 Å². The van der Waals surface area contributed by atoms with Gasteiger partial charge in [-0.1, -0.05) is 0 Å². The standard InChI is InChI=1S/C6H6O3/c7-4-1-2-5-6(4)9-3-8-5/h1-3H2. The first-order chi connectivity index (χ1) is 4.38. The first kappa shape index (κ1) is 4.85. The van der Waals surface area contributed by atoms with E-state index in [-0.39, 0.29) is 12.6 Å². The highest BCUT2D eigenvalue weighted by Gasteiger charge is 2.30. The fourth-order valence-electron chi connectivity index (χ4n) is 1.07. The summed E-state index contributed by atoms with van der Waals surface area (Å²) in [6, 6.07) is 0. The summed E-state index contributed by atoms with van der Waals surface area (Å²) in [6.45, 7) is 0.233. The second kappa shape index (κ2) is 1.50. The predicted molar refractivity (Wildman–Crippen MR) is 28.3 cm³/mol. The van der Waals surface area contributed by atoms with Gasteiger partial charge in [0.1, 0.15) is 5.76 Å². The molecule has 0 atom stereocenters. The van der Waals surface area contributed by atoms with Crippen molar-refractivity contribution in [2.24, 2.45) is 0 Å². The zero-order valence-corrected chi connectivity index (χ0v) is 4.85. The number of Topliss-reactive ketones (excluding diaryl/α,β-unsaturated/α-hetero) is 1. The second-order valence-corrected chi connectivity index (χ2v) is 2.08. The smallest absolute Gasteiger partial charge is 0.230 e. The Balaban J connectivity index is 2.34. The van der Waals surface area contributed by atoms with Crippen LogP contribution in [-0.2, 0) is 14.3 Å². The average Bonchev–Trinajstić information content (AvgIpc) is 2.35. The lowest BCUT2D eigenvalue weighted by Gasteiger charge is -1.95. The number of ketones is 1. The van der Waals surface area contributed by atoms with E-state index in [1.54, 1.807) is 0 Å². The van der Waals surface area contributed by atoms with Crippen LogP contribution in [0.2, 0.25) is 0 Å². The number of hydrogen-bond acceptors (Lipinski definition) is 3. The number of allylic oxidation sites excluding steroid dienone is 2. The summed E-state index contributed by atoms with van der Waals surface area (Å²) in [4.78, 5) is 10.8. The lowest BCUT2D eigenvalue weighted by Crippen LogP contribution is -1.97.